The molecule has 4 rings (SSSR count). The van der Waals surface area contributed by atoms with E-state index >= 15 is 0 Å². The van der Waals surface area contributed by atoms with Crippen LogP contribution in [0.3, 0.4) is 0 Å². The summed E-state index contributed by atoms with van der Waals surface area (Å²) < 4.78 is 29.4. The Hall–Kier alpha value is -2.91. The van der Waals surface area contributed by atoms with Crippen LogP contribution in [0.2, 0.25) is 0 Å². The van der Waals surface area contributed by atoms with E-state index in [1.54, 1.807) is 25.1 Å². The second kappa shape index (κ2) is 11.9. The normalized spacial score (nSPS) is 17.2. The first-order valence-corrected chi connectivity index (χ1v) is 14.4. The molecule has 36 heavy (non-hydrogen) atoms. The van der Waals surface area contributed by atoms with Crippen molar-refractivity contribution in [1.29, 1.82) is 0 Å². The van der Waals surface area contributed by atoms with E-state index in [1.807, 2.05) is 30.3 Å². The molecule has 0 saturated heterocycles. The van der Waals surface area contributed by atoms with Crippen molar-refractivity contribution < 1.29 is 18.0 Å². The highest BCUT2D eigenvalue weighted by molar-refractivity contribution is 7.90. The molecular formula is C27H36N4O4S. The number of amides is 2. The molecule has 1 aliphatic carbocycles. The SMILES string of the molecule is CCNS(=O)(=O)N1CCCc2c(NC(=O)C(Cc3ccccc3)NC(=O)C3CCCCC3)cccc21. The summed E-state index contributed by atoms with van der Waals surface area (Å²) in [4.78, 5) is 26.6. The minimum Gasteiger partial charge on any atom is -0.344 e. The summed E-state index contributed by atoms with van der Waals surface area (Å²) in [5.74, 6) is -0.425. The first kappa shape index (κ1) is 26.2. The fraction of sp³-hybridized carbons (Fsp3) is 0.481. The predicted molar refractivity (Wildman–Crippen MR) is 142 cm³/mol. The first-order chi connectivity index (χ1) is 17.4. The van der Waals surface area contributed by atoms with Crippen molar-refractivity contribution >= 4 is 33.4 Å². The maximum Gasteiger partial charge on any atom is 0.301 e. The molecule has 2 aromatic carbocycles. The Labute approximate surface area is 214 Å². The van der Waals surface area contributed by atoms with Gasteiger partial charge in [0.15, 0.2) is 0 Å². The van der Waals surface area contributed by atoms with Gasteiger partial charge in [-0.3, -0.25) is 13.9 Å². The fourth-order valence-electron chi connectivity index (χ4n) is 5.15. The van der Waals surface area contributed by atoms with Crippen LogP contribution in [0.15, 0.2) is 48.5 Å². The third-order valence-corrected chi connectivity index (χ3v) is 8.59. The smallest absolute Gasteiger partial charge is 0.301 e. The van der Waals surface area contributed by atoms with Crippen molar-refractivity contribution in [2.45, 2.75) is 64.3 Å². The summed E-state index contributed by atoms with van der Waals surface area (Å²) in [5, 5.41) is 6.02. The van der Waals surface area contributed by atoms with E-state index in [9.17, 15) is 18.0 Å². The zero-order valence-corrected chi connectivity index (χ0v) is 21.6. The molecule has 1 atom stereocenters. The Kier molecular flexibility index (Phi) is 8.64. The average molecular weight is 513 g/mol. The van der Waals surface area contributed by atoms with Gasteiger partial charge in [-0.25, -0.2) is 0 Å². The molecule has 1 aliphatic heterocycles. The van der Waals surface area contributed by atoms with Crippen molar-refractivity contribution in [3.8, 4) is 0 Å². The molecule has 2 aliphatic rings. The number of hydrogen-bond donors (Lipinski definition) is 3. The molecule has 0 aromatic heterocycles. The topological polar surface area (TPSA) is 108 Å². The highest BCUT2D eigenvalue weighted by Crippen LogP contribution is 2.34. The van der Waals surface area contributed by atoms with Crippen LogP contribution in [-0.4, -0.2) is 39.4 Å². The number of benzene rings is 2. The molecule has 2 aromatic rings. The van der Waals surface area contributed by atoms with Crippen LogP contribution in [0.1, 0.15) is 56.6 Å². The summed E-state index contributed by atoms with van der Waals surface area (Å²) in [6.45, 7) is 2.42. The average Bonchev–Trinajstić information content (AvgIpc) is 2.89. The maximum absolute atomic E-state index is 13.5. The Morgan fingerprint density at radius 2 is 1.75 bits per heavy atom. The third-order valence-electron chi connectivity index (χ3n) is 6.97. The van der Waals surface area contributed by atoms with Crippen molar-refractivity contribution in [3.63, 3.8) is 0 Å². The van der Waals surface area contributed by atoms with E-state index in [0.717, 1.165) is 43.2 Å². The Balaban J connectivity index is 1.56. The number of carbonyl (C=O) groups excluding carboxylic acids is 2. The standard InChI is InChI=1S/C27H36N4O4S/c1-2-28-36(34,35)31-18-10-15-22-23(16-9-17-25(22)31)29-27(33)24(19-20-11-5-3-6-12-20)30-26(32)21-13-7-4-8-14-21/h3,5-6,9,11-12,16-17,21,24,28H,2,4,7-8,10,13-15,18-19H2,1H3,(H,29,33)(H,30,32). The van der Waals surface area contributed by atoms with E-state index in [1.165, 1.54) is 4.31 Å². The molecular weight excluding hydrogens is 476 g/mol. The lowest BCUT2D eigenvalue weighted by Crippen LogP contribution is -2.48. The summed E-state index contributed by atoms with van der Waals surface area (Å²) in [6, 6.07) is 14.2. The van der Waals surface area contributed by atoms with Crippen molar-refractivity contribution in [1.82, 2.24) is 10.0 Å². The number of nitrogens with one attached hydrogen (secondary N) is 3. The van der Waals surface area contributed by atoms with Gasteiger partial charge in [-0.1, -0.05) is 62.6 Å². The van der Waals surface area contributed by atoms with Gasteiger partial charge < -0.3 is 10.6 Å². The van der Waals surface area contributed by atoms with Gasteiger partial charge >= 0.3 is 10.2 Å². The van der Waals surface area contributed by atoms with Gasteiger partial charge in [0.25, 0.3) is 0 Å². The zero-order valence-electron chi connectivity index (χ0n) is 20.8. The van der Waals surface area contributed by atoms with Gasteiger partial charge in [0.2, 0.25) is 11.8 Å². The summed E-state index contributed by atoms with van der Waals surface area (Å²) in [6.07, 6.45) is 6.62. The summed E-state index contributed by atoms with van der Waals surface area (Å²) >= 11 is 0. The van der Waals surface area contributed by atoms with Crippen LogP contribution in [-0.2, 0) is 32.6 Å². The minimum atomic E-state index is -3.66. The minimum absolute atomic E-state index is 0.0564. The van der Waals surface area contributed by atoms with Crippen LogP contribution < -0.4 is 19.7 Å². The molecule has 1 unspecified atom stereocenters. The second-order valence-electron chi connectivity index (χ2n) is 9.56. The van der Waals surface area contributed by atoms with Crippen LogP contribution in [0, 0.1) is 5.92 Å². The maximum atomic E-state index is 13.5. The van der Waals surface area contributed by atoms with Gasteiger partial charge in [-0.15, -0.1) is 0 Å². The van der Waals surface area contributed by atoms with Crippen molar-refractivity contribution in [3.05, 3.63) is 59.7 Å². The number of nitrogens with zero attached hydrogens (tertiary/aromatic N) is 1. The van der Waals surface area contributed by atoms with Gasteiger partial charge in [0.05, 0.1) is 5.69 Å². The second-order valence-corrected chi connectivity index (χ2v) is 11.2. The van der Waals surface area contributed by atoms with Crippen LogP contribution in [0.4, 0.5) is 11.4 Å². The molecule has 194 valence electrons. The molecule has 1 saturated carbocycles. The lowest BCUT2D eigenvalue weighted by atomic mass is 9.88. The number of hydrogen-bond acceptors (Lipinski definition) is 4. The highest BCUT2D eigenvalue weighted by Gasteiger charge is 2.30. The van der Waals surface area contributed by atoms with Gasteiger partial charge in [0.1, 0.15) is 6.04 Å². The van der Waals surface area contributed by atoms with Crippen LogP contribution in [0.25, 0.3) is 0 Å². The monoisotopic (exact) mass is 512 g/mol. The van der Waals surface area contributed by atoms with Crippen LogP contribution >= 0.6 is 0 Å². The van der Waals surface area contributed by atoms with Crippen LogP contribution in [0.5, 0.6) is 0 Å². The van der Waals surface area contributed by atoms with Crippen molar-refractivity contribution in [2.24, 2.45) is 5.92 Å². The number of carbonyl (C=O) groups is 2. The van der Waals surface area contributed by atoms with E-state index in [2.05, 4.69) is 15.4 Å². The summed E-state index contributed by atoms with van der Waals surface area (Å²) in [5.41, 5.74) is 2.90. The molecule has 1 fully saturated rings. The lowest BCUT2D eigenvalue weighted by Gasteiger charge is -2.32. The summed E-state index contributed by atoms with van der Waals surface area (Å²) in [7, 11) is -3.66. The van der Waals surface area contributed by atoms with Gasteiger partial charge in [0, 0.05) is 36.7 Å². The molecule has 1 heterocycles. The molecule has 8 nitrogen and oxygen atoms in total. The van der Waals surface area contributed by atoms with Gasteiger partial charge in [-0.2, -0.15) is 13.1 Å². The Morgan fingerprint density at radius 3 is 2.47 bits per heavy atom. The molecule has 0 radical (unpaired) electrons. The highest BCUT2D eigenvalue weighted by atomic mass is 32.2. The van der Waals surface area contributed by atoms with E-state index < -0.39 is 16.3 Å². The molecule has 9 heteroatoms. The third kappa shape index (κ3) is 6.25. The molecule has 0 spiro atoms. The largest absolute Gasteiger partial charge is 0.344 e. The lowest BCUT2D eigenvalue weighted by molar-refractivity contribution is -0.130. The Morgan fingerprint density at radius 1 is 1.00 bits per heavy atom. The fourth-order valence-corrected chi connectivity index (χ4v) is 6.47. The molecule has 0 bridgehead atoms. The van der Waals surface area contributed by atoms with E-state index in [-0.39, 0.29) is 17.7 Å². The number of rotatable bonds is 9. The van der Waals surface area contributed by atoms with Crippen molar-refractivity contribution in [2.75, 3.05) is 22.7 Å². The first-order valence-electron chi connectivity index (χ1n) is 12.9. The number of fused-ring (bicyclic) bond motifs is 1. The van der Waals surface area contributed by atoms with E-state index in [4.69, 9.17) is 0 Å². The molecule has 2 amide bonds. The zero-order chi connectivity index (χ0) is 25.5. The Bertz CT molecular complexity index is 1160. The molecule has 3 N–H and O–H groups in total. The van der Waals surface area contributed by atoms with E-state index in [0.29, 0.717) is 43.7 Å². The number of anilines is 2. The predicted octanol–water partition coefficient (Wildman–Crippen LogP) is 3.54. The quantitative estimate of drug-likeness (QED) is 0.478. The van der Waals surface area contributed by atoms with Gasteiger partial charge in [-0.05, 0) is 43.4 Å².